The summed E-state index contributed by atoms with van der Waals surface area (Å²) in [6.07, 6.45) is -11.7. The first kappa shape index (κ1) is 65.2. The average molecular weight is 1540 g/mol. The van der Waals surface area contributed by atoms with Crippen LogP contribution in [0.4, 0.5) is 34.1 Å². The van der Waals surface area contributed by atoms with Crippen molar-refractivity contribution in [2.75, 3.05) is 9.80 Å². The van der Waals surface area contributed by atoms with Crippen LogP contribution >= 0.6 is 0 Å². The monoisotopic (exact) mass is 1540 g/mol. The molecule has 590 valence electrons. The molecular formula is C112H119BN4. The smallest absolute Gasteiger partial charge is 0.252 e. The van der Waals surface area contributed by atoms with Crippen molar-refractivity contribution in [2.24, 2.45) is 32.5 Å². The molecule has 0 amide bonds. The van der Waals surface area contributed by atoms with Crippen LogP contribution in [0.2, 0.25) is 0 Å². The molecule has 4 heterocycles. The second-order valence-corrected chi connectivity index (χ2v) is 39.9. The topological polar surface area (TPSA) is 16.3 Å². The van der Waals surface area contributed by atoms with Gasteiger partial charge in [0.25, 0.3) is 6.71 Å². The maximum absolute atomic E-state index is 10.8. The third-order valence-corrected chi connectivity index (χ3v) is 22.1. The molecular weight excluding hydrogens is 1410 g/mol. The third-order valence-electron chi connectivity index (χ3n) is 22.1. The summed E-state index contributed by atoms with van der Waals surface area (Å²) in [4.78, 5) is 4.79. The van der Waals surface area contributed by atoms with Gasteiger partial charge in [-0.25, -0.2) is 0 Å². The Kier molecular flexibility index (Phi) is 16.2. The molecule has 0 aliphatic carbocycles. The van der Waals surface area contributed by atoms with Crippen molar-refractivity contribution in [3.63, 3.8) is 0 Å². The molecule has 117 heavy (non-hydrogen) atoms. The Morgan fingerprint density at radius 2 is 0.547 bits per heavy atom. The van der Waals surface area contributed by atoms with E-state index in [0.29, 0.717) is 89.3 Å². The molecule has 15 aromatic rings. The van der Waals surface area contributed by atoms with Crippen molar-refractivity contribution < 1.29 is 16.4 Å². The molecule has 4 nitrogen and oxygen atoms in total. The first-order chi connectivity index (χ1) is 60.0. The second kappa shape index (κ2) is 29.0. The quantitative estimate of drug-likeness (QED) is 0.101. The fourth-order valence-corrected chi connectivity index (χ4v) is 17.9. The fourth-order valence-electron chi connectivity index (χ4n) is 17.9. The molecule has 0 N–H and O–H groups in total. The van der Waals surface area contributed by atoms with Gasteiger partial charge >= 0.3 is 0 Å². The fraction of sp³-hybridized carbons (Fsp3) is 0.304. The van der Waals surface area contributed by atoms with E-state index in [2.05, 4.69) is 197 Å². The van der Waals surface area contributed by atoms with Crippen LogP contribution < -0.4 is 26.2 Å². The standard InChI is InChI=1S/C112H119BN4/c1-106(2,3)66-72-34-30-38-76(54-72)89-64-99(91(58-80(89)70-110(13,14)15)78-40-32-36-74(56-78)68-108(7,8)9)116-101-62-83(114-95-46-26-22-42-85(95)86-43-23-27-47-96(86)114)50-52-93(101)113-94-53-51-84(115-97-48-28-24-44-87(97)88-45-25-29-49-98(88)115)63-102(94)117(104-61-82(112(19,20)21)60-103(116)105(104)113)100-65-90(77-39-31-35-73(55-77)67-107(4,5)6)81(71-111(16,17)18)59-92(100)79-41-33-37-75(57-79)69-109(10,11)12/h22-65H,66-71H2,1-21H3/i66D2,67D2,68D2,69D2,70D2,71D2. The second-order valence-electron chi connectivity index (χ2n) is 39.9. The normalized spacial score (nSPS) is 15.8. The van der Waals surface area contributed by atoms with Crippen LogP contribution in [0.5, 0.6) is 0 Å². The van der Waals surface area contributed by atoms with Crippen LogP contribution in [0.25, 0.3) is 99.5 Å². The number of aromatic nitrogens is 2. The van der Waals surface area contributed by atoms with E-state index >= 15 is 0 Å². The number of nitrogens with zero attached hydrogens (tertiary/aromatic N) is 4. The van der Waals surface area contributed by atoms with E-state index < -0.39 is 82.9 Å². The highest BCUT2D eigenvalue weighted by Crippen LogP contribution is 2.54. The largest absolute Gasteiger partial charge is 0.311 e. The molecule has 0 atom stereocenters. The highest BCUT2D eigenvalue weighted by molar-refractivity contribution is 7.00. The third kappa shape index (κ3) is 15.7. The zero-order chi connectivity index (χ0) is 93.1. The number of para-hydroxylation sites is 4. The molecule has 2 aliphatic rings. The van der Waals surface area contributed by atoms with E-state index in [1.807, 2.05) is 234 Å². The van der Waals surface area contributed by atoms with Gasteiger partial charge in [0.05, 0.1) is 33.4 Å². The molecule has 0 saturated heterocycles. The SMILES string of the molecule is [2H]C([2H])(c1cccc(-c2cc(C([2H])([2H])C(C)(C)C)c(-c3cccc(C([2H])([2H])C(C)(C)C)c3)cc2N2c3cc(-n4c5ccccc5c5ccccc54)ccc3B3c4ccc(-n5c6ccccc6c6ccccc65)cc4N(c4cc(-c5cccc(C([2H])([2H])C(C)(C)C)c5)c(C([2H])([2H])C(C)(C)C)cc4-c4cccc(C([2H])([2H])C(C)(C)C)c4)c4cc(C(C)(C)C)cc2c43)c1)C(C)(C)C. The maximum Gasteiger partial charge on any atom is 0.252 e. The van der Waals surface area contributed by atoms with Gasteiger partial charge in [-0.15, -0.1) is 0 Å². The number of benzene rings is 13. The lowest BCUT2D eigenvalue weighted by atomic mass is 9.33. The van der Waals surface area contributed by atoms with Gasteiger partial charge in [0.1, 0.15) is 0 Å². The maximum atomic E-state index is 10.8. The Hall–Kier alpha value is -10.9. The molecule has 5 heteroatoms. The first-order valence-electron chi connectivity index (χ1n) is 47.8. The number of fused-ring (bicyclic) bond motifs is 10. The van der Waals surface area contributed by atoms with Gasteiger partial charge in [0, 0.05) is 83.2 Å². The van der Waals surface area contributed by atoms with Gasteiger partial charge in [-0.3, -0.25) is 0 Å². The lowest BCUT2D eigenvalue weighted by molar-refractivity contribution is 0.410. The summed E-state index contributed by atoms with van der Waals surface area (Å²) in [5.74, 6) is 0. The number of hydrogen-bond acceptors (Lipinski definition) is 2. The predicted octanol–water partition coefficient (Wildman–Crippen LogP) is 29.5. The number of anilines is 6. The summed E-state index contributed by atoms with van der Waals surface area (Å²) in [6, 6.07) is 91.5. The predicted molar refractivity (Wildman–Crippen MR) is 509 cm³/mol. The van der Waals surface area contributed by atoms with Crippen LogP contribution in [0.3, 0.4) is 0 Å². The Morgan fingerprint density at radius 1 is 0.256 bits per heavy atom. The summed E-state index contributed by atoms with van der Waals surface area (Å²) < 4.78 is 128. The molecule has 17 rings (SSSR count). The molecule has 0 saturated carbocycles. The van der Waals surface area contributed by atoms with Crippen molar-refractivity contribution in [1.82, 2.24) is 9.13 Å². The van der Waals surface area contributed by atoms with Gasteiger partial charge in [-0.05, 0) is 250 Å². The molecule has 0 unspecified atom stereocenters. The van der Waals surface area contributed by atoms with Crippen molar-refractivity contribution in [2.45, 2.75) is 189 Å². The molecule has 13 aromatic carbocycles. The number of rotatable bonds is 14. The van der Waals surface area contributed by atoms with E-state index in [1.54, 1.807) is 0 Å². The van der Waals surface area contributed by atoms with Crippen LogP contribution in [0, 0.1) is 32.5 Å². The van der Waals surface area contributed by atoms with Crippen molar-refractivity contribution >= 4 is 101 Å². The van der Waals surface area contributed by atoms with Crippen LogP contribution in [0.15, 0.2) is 267 Å². The first-order valence-corrected chi connectivity index (χ1v) is 41.8. The summed E-state index contributed by atoms with van der Waals surface area (Å²) in [6.45, 7) is 40.5. The molecule has 0 fully saturated rings. The van der Waals surface area contributed by atoms with Crippen LogP contribution in [-0.2, 0) is 43.7 Å². The Labute approximate surface area is 715 Å². The minimum atomic E-state index is -2.10. The molecule has 2 aliphatic heterocycles. The molecule has 2 aromatic heterocycles. The van der Waals surface area contributed by atoms with Crippen LogP contribution in [-0.4, -0.2) is 15.8 Å². The highest BCUT2D eigenvalue weighted by Gasteiger charge is 2.46. The zero-order valence-corrected chi connectivity index (χ0v) is 72.3. The van der Waals surface area contributed by atoms with E-state index in [4.69, 9.17) is 0 Å². The van der Waals surface area contributed by atoms with E-state index in [9.17, 15) is 16.4 Å². The summed E-state index contributed by atoms with van der Waals surface area (Å²) in [5, 5.41) is 4.33. The lowest BCUT2D eigenvalue weighted by Gasteiger charge is -2.46. The van der Waals surface area contributed by atoms with Crippen molar-refractivity contribution in [3.05, 3.63) is 306 Å². The summed E-state index contributed by atoms with van der Waals surface area (Å²) >= 11 is 0. The van der Waals surface area contributed by atoms with E-state index in [0.717, 1.165) is 99.7 Å². The minimum Gasteiger partial charge on any atom is -0.311 e. The van der Waals surface area contributed by atoms with Gasteiger partial charge in [-0.1, -0.05) is 327 Å². The zero-order valence-electron chi connectivity index (χ0n) is 84.3. The Balaban J connectivity index is 1.10. The average Bonchev–Trinajstić information content (AvgIpc) is 0.768. The summed E-state index contributed by atoms with van der Waals surface area (Å²) in [5.41, 5.74) is 15.0. The van der Waals surface area contributed by atoms with E-state index in [-0.39, 0.29) is 0 Å². The van der Waals surface area contributed by atoms with Gasteiger partial charge in [0.2, 0.25) is 0 Å². The summed E-state index contributed by atoms with van der Waals surface area (Å²) in [7, 11) is 0. The minimum absolute atomic E-state index is 0.368. The molecule has 0 radical (unpaired) electrons. The van der Waals surface area contributed by atoms with E-state index in [1.165, 1.54) is 0 Å². The molecule has 0 bridgehead atoms. The van der Waals surface area contributed by atoms with Gasteiger partial charge in [-0.2, -0.15) is 0 Å². The van der Waals surface area contributed by atoms with Crippen LogP contribution in [0.1, 0.15) is 201 Å². The van der Waals surface area contributed by atoms with Crippen molar-refractivity contribution in [3.8, 4) is 55.9 Å². The number of hydrogen-bond donors (Lipinski definition) is 0. The van der Waals surface area contributed by atoms with Gasteiger partial charge in [0.15, 0.2) is 0 Å². The Morgan fingerprint density at radius 3 is 0.838 bits per heavy atom. The Bertz CT molecular complexity index is 6520. The highest BCUT2D eigenvalue weighted by atomic mass is 15.2. The van der Waals surface area contributed by atoms with Crippen molar-refractivity contribution in [1.29, 1.82) is 0 Å². The van der Waals surface area contributed by atoms with Gasteiger partial charge < -0.3 is 18.9 Å². The molecule has 0 spiro atoms. The lowest BCUT2D eigenvalue weighted by Crippen LogP contribution is -2.61.